The van der Waals surface area contributed by atoms with Crippen LogP contribution < -0.4 is 5.32 Å². The monoisotopic (exact) mass is 487 g/mol. The minimum Gasteiger partial charge on any atom is -0.355 e. The molecule has 1 aromatic carbocycles. The molecule has 5 rings (SSSR count). The van der Waals surface area contributed by atoms with Crippen LogP contribution in [0.3, 0.4) is 0 Å². The first-order valence-corrected chi connectivity index (χ1v) is 13.0. The number of nitrogens with zero attached hydrogens (tertiary/aromatic N) is 6. The van der Waals surface area contributed by atoms with Crippen molar-refractivity contribution >= 4 is 23.3 Å². The molecule has 8 nitrogen and oxygen atoms in total. The molecule has 0 spiro atoms. The molecular weight excluding hydrogens is 458 g/mol. The van der Waals surface area contributed by atoms with Crippen LogP contribution >= 0.6 is 11.8 Å². The van der Waals surface area contributed by atoms with Gasteiger partial charge < -0.3 is 10.2 Å². The van der Waals surface area contributed by atoms with Gasteiger partial charge in [0.2, 0.25) is 5.91 Å². The predicted octanol–water partition coefficient (Wildman–Crippen LogP) is 3.35. The SMILES string of the molecule is O=C(CSc1ccc2nnc(-c3cccnc3)n2n1)NC[C@H]1CCCN(CCc2ccccc2)C1. The molecule has 9 heteroatoms. The summed E-state index contributed by atoms with van der Waals surface area (Å²) in [5.41, 5.74) is 2.88. The van der Waals surface area contributed by atoms with E-state index in [2.05, 4.69) is 60.8 Å². The van der Waals surface area contributed by atoms with Crippen LogP contribution in [-0.2, 0) is 11.2 Å². The number of thioether (sulfide) groups is 1. The van der Waals surface area contributed by atoms with E-state index < -0.39 is 0 Å². The van der Waals surface area contributed by atoms with E-state index in [9.17, 15) is 4.79 Å². The number of benzene rings is 1. The van der Waals surface area contributed by atoms with E-state index in [1.54, 1.807) is 16.9 Å². The third-order valence-corrected chi connectivity index (χ3v) is 7.18. The number of carbonyl (C=O) groups is 1. The maximum atomic E-state index is 12.5. The fraction of sp³-hybridized carbons (Fsp3) is 0.346. The quantitative estimate of drug-likeness (QED) is 0.362. The lowest BCUT2D eigenvalue weighted by Gasteiger charge is -2.32. The fourth-order valence-electron chi connectivity index (χ4n) is 4.43. The Morgan fingerprint density at radius 3 is 2.86 bits per heavy atom. The van der Waals surface area contributed by atoms with Crippen molar-refractivity contribution in [3.63, 3.8) is 0 Å². The number of hydrogen-bond donors (Lipinski definition) is 1. The molecule has 0 saturated carbocycles. The highest BCUT2D eigenvalue weighted by Crippen LogP contribution is 2.20. The normalized spacial score (nSPS) is 16.4. The van der Waals surface area contributed by atoms with Gasteiger partial charge in [-0.2, -0.15) is 9.61 Å². The molecule has 0 unspecified atom stereocenters. The van der Waals surface area contributed by atoms with Crippen molar-refractivity contribution in [2.75, 3.05) is 31.9 Å². The van der Waals surface area contributed by atoms with E-state index in [0.29, 0.717) is 23.1 Å². The van der Waals surface area contributed by atoms with Crippen LogP contribution in [0.4, 0.5) is 0 Å². The van der Waals surface area contributed by atoms with E-state index in [-0.39, 0.29) is 5.91 Å². The maximum absolute atomic E-state index is 12.5. The minimum atomic E-state index is 0.0366. The van der Waals surface area contributed by atoms with Gasteiger partial charge in [-0.3, -0.25) is 9.78 Å². The molecule has 1 atom stereocenters. The van der Waals surface area contributed by atoms with Gasteiger partial charge in [-0.05, 0) is 61.6 Å². The summed E-state index contributed by atoms with van der Waals surface area (Å²) in [6.45, 7) is 3.99. The van der Waals surface area contributed by atoms with Crippen molar-refractivity contribution in [1.82, 2.24) is 35.0 Å². The second-order valence-electron chi connectivity index (χ2n) is 8.84. The lowest BCUT2D eigenvalue weighted by atomic mass is 9.97. The number of fused-ring (bicyclic) bond motifs is 1. The summed E-state index contributed by atoms with van der Waals surface area (Å²) in [7, 11) is 0. The topological polar surface area (TPSA) is 88.3 Å². The number of nitrogens with one attached hydrogen (secondary N) is 1. The molecule has 1 N–H and O–H groups in total. The maximum Gasteiger partial charge on any atom is 0.230 e. The Bertz CT molecular complexity index is 1250. The largest absolute Gasteiger partial charge is 0.355 e. The van der Waals surface area contributed by atoms with Crippen molar-refractivity contribution in [3.05, 3.63) is 72.6 Å². The lowest BCUT2D eigenvalue weighted by molar-refractivity contribution is -0.118. The molecular formula is C26H29N7OS. The highest BCUT2D eigenvalue weighted by molar-refractivity contribution is 7.99. The first-order valence-electron chi connectivity index (χ1n) is 12.0. The Hall–Kier alpha value is -3.30. The molecule has 0 radical (unpaired) electrons. The van der Waals surface area contributed by atoms with Crippen LogP contribution in [0.25, 0.3) is 17.0 Å². The lowest BCUT2D eigenvalue weighted by Crippen LogP contribution is -2.42. The molecule has 4 heterocycles. The molecule has 0 aliphatic carbocycles. The van der Waals surface area contributed by atoms with Gasteiger partial charge in [-0.15, -0.1) is 10.2 Å². The first kappa shape index (κ1) is 23.4. The van der Waals surface area contributed by atoms with Crippen LogP contribution in [0.1, 0.15) is 18.4 Å². The van der Waals surface area contributed by atoms with E-state index >= 15 is 0 Å². The standard InChI is InChI=1S/C26H29N7OS/c34-24(28-16-21-8-5-14-32(18-21)15-12-20-6-2-1-3-7-20)19-35-25-11-10-23-29-30-26(33(23)31-25)22-9-4-13-27-17-22/h1-4,6-7,9-11,13,17,21H,5,8,12,14-16,18-19H2,(H,28,34)/t21-/m1/s1. The number of rotatable bonds is 9. The molecule has 1 amide bonds. The average Bonchev–Trinajstić information content (AvgIpc) is 3.34. The van der Waals surface area contributed by atoms with Gasteiger partial charge in [0.05, 0.1) is 5.75 Å². The second-order valence-corrected chi connectivity index (χ2v) is 9.84. The average molecular weight is 488 g/mol. The molecule has 4 aromatic rings. The summed E-state index contributed by atoms with van der Waals surface area (Å²) >= 11 is 1.42. The summed E-state index contributed by atoms with van der Waals surface area (Å²) in [6.07, 6.45) is 6.88. The number of carbonyl (C=O) groups excluding carboxylic acids is 1. The molecule has 1 aliphatic rings. The molecule has 1 fully saturated rings. The van der Waals surface area contributed by atoms with Gasteiger partial charge in [-0.1, -0.05) is 42.1 Å². The molecule has 1 aliphatic heterocycles. The summed E-state index contributed by atoms with van der Waals surface area (Å²) in [5, 5.41) is 16.9. The Kier molecular flexibility index (Phi) is 7.65. The number of hydrogen-bond acceptors (Lipinski definition) is 7. The van der Waals surface area contributed by atoms with Crippen molar-refractivity contribution in [2.24, 2.45) is 5.92 Å². The summed E-state index contributed by atoms with van der Waals surface area (Å²) in [4.78, 5) is 19.2. The fourth-order valence-corrected chi connectivity index (χ4v) is 5.11. The van der Waals surface area contributed by atoms with E-state index in [1.807, 2.05) is 24.3 Å². The van der Waals surface area contributed by atoms with Gasteiger partial charge in [0, 0.05) is 37.6 Å². The number of aromatic nitrogens is 5. The molecule has 180 valence electrons. The zero-order valence-electron chi connectivity index (χ0n) is 19.6. The van der Waals surface area contributed by atoms with Crippen LogP contribution in [0.5, 0.6) is 0 Å². The zero-order chi connectivity index (χ0) is 23.9. The second kappa shape index (κ2) is 11.4. The zero-order valence-corrected chi connectivity index (χ0v) is 20.4. The van der Waals surface area contributed by atoms with Gasteiger partial charge in [0.15, 0.2) is 11.5 Å². The third-order valence-electron chi connectivity index (χ3n) is 6.26. The third kappa shape index (κ3) is 6.23. The van der Waals surface area contributed by atoms with Crippen molar-refractivity contribution in [3.8, 4) is 11.4 Å². The number of amides is 1. The van der Waals surface area contributed by atoms with E-state index in [4.69, 9.17) is 0 Å². The Balaban J connectivity index is 1.09. The molecule has 1 saturated heterocycles. The van der Waals surface area contributed by atoms with Gasteiger partial charge >= 0.3 is 0 Å². The number of piperidine rings is 1. The van der Waals surface area contributed by atoms with Crippen molar-refractivity contribution in [2.45, 2.75) is 24.3 Å². The van der Waals surface area contributed by atoms with Crippen LogP contribution in [0, 0.1) is 5.92 Å². The van der Waals surface area contributed by atoms with Gasteiger partial charge in [-0.25, -0.2) is 0 Å². The van der Waals surface area contributed by atoms with Crippen molar-refractivity contribution < 1.29 is 4.79 Å². The summed E-state index contributed by atoms with van der Waals surface area (Å²) in [6, 6.07) is 18.2. The smallest absolute Gasteiger partial charge is 0.230 e. The predicted molar refractivity (Wildman–Crippen MR) is 137 cm³/mol. The number of pyridine rings is 1. The van der Waals surface area contributed by atoms with E-state index in [1.165, 1.54) is 23.7 Å². The highest BCUT2D eigenvalue weighted by Gasteiger charge is 2.20. The number of likely N-dealkylation sites (tertiary alicyclic amines) is 1. The minimum absolute atomic E-state index is 0.0366. The Morgan fingerprint density at radius 2 is 2.00 bits per heavy atom. The molecule has 0 bridgehead atoms. The van der Waals surface area contributed by atoms with Gasteiger partial charge in [0.25, 0.3) is 0 Å². The van der Waals surface area contributed by atoms with Crippen LogP contribution in [0.2, 0.25) is 0 Å². The van der Waals surface area contributed by atoms with Crippen molar-refractivity contribution in [1.29, 1.82) is 0 Å². The summed E-state index contributed by atoms with van der Waals surface area (Å²) < 4.78 is 1.70. The van der Waals surface area contributed by atoms with Crippen LogP contribution in [-0.4, -0.2) is 67.5 Å². The van der Waals surface area contributed by atoms with Gasteiger partial charge in [0.1, 0.15) is 5.03 Å². The van der Waals surface area contributed by atoms with Crippen LogP contribution in [0.15, 0.2) is 72.0 Å². The highest BCUT2D eigenvalue weighted by atomic mass is 32.2. The molecule has 35 heavy (non-hydrogen) atoms. The Morgan fingerprint density at radius 1 is 1.09 bits per heavy atom. The molecule has 3 aromatic heterocycles. The Labute approximate surface area is 209 Å². The first-order chi connectivity index (χ1) is 17.2. The van der Waals surface area contributed by atoms with E-state index in [0.717, 1.165) is 49.6 Å². The summed E-state index contributed by atoms with van der Waals surface area (Å²) in [5.74, 6) is 1.50.